The summed E-state index contributed by atoms with van der Waals surface area (Å²) in [5.74, 6) is 8.28. The van der Waals surface area contributed by atoms with Gasteiger partial charge in [-0.2, -0.15) is 0 Å². The van der Waals surface area contributed by atoms with Gasteiger partial charge in [-0.05, 0) is 133 Å². The van der Waals surface area contributed by atoms with Crippen molar-refractivity contribution in [2.45, 2.75) is 168 Å². The largest absolute Gasteiger partial charge is 0.414 e. The van der Waals surface area contributed by atoms with Crippen LogP contribution in [0.5, 0.6) is 0 Å². The van der Waals surface area contributed by atoms with E-state index < -0.39 is 25.3 Å². The summed E-state index contributed by atoms with van der Waals surface area (Å²) < 4.78 is 19.1. The van der Waals surface area contributed by atoms with Gasteiger partial charge in [-0.25, -0.2) is 0 Å². The summed E-state index contributed by atoms with van der Waals surface area (Å²) in [6, 6.07) is 0. The Morgan fingerprint density at radius 2 is 1.63 bits per heavy atom. The molecule has 0 aromatic heterocycles. The lowest BCUT2D eigenvalue weighted by Gasteiger charge is -2.59. The fourth-order valence-electron chi connectivity index (χ4n) is 9.88. The van der Waals surface area contributed by atoms with Crippen molar-refractivity contribution >= 4 is 8.32 Å². The fourth-order valence-corrected chi connectivity index (χ4v) is 11.3. The molecule has 5 aliphatic rings. The van der Waals surface area contributed by atoms with Gasteiger partial charge in [-0.15, -0.1) is 0 Å². The number of aliphatic hydroxyl groups is 1. The van der Waals surface area contributed by atoms with Crippen LogP contribution in [-0.4, -0.2) is 42.6 Å². The quantitative estimate of drug-likeness (QED) is 0.205. The number of allylic oxidation sites excluding steroid dienone is 1. The maximum Gasteiger partial charge on any atom is 0.192 e. The molecule has 0 unspecified atom stereocenters. The number of fused-ring (bicyclic) bond motifs is 5. The minimum atomic E-state index is -1.77. The predicted octanol–water partition coefficient (Wildman–Crippen LogP) is 8.64. The van der Waals surface area contributed by atoms with Crippen LogP contribution < -0.4 is 0 Å². The Labute approximate surface area is 252 Å². The summed E-state index contributed by atoms with van der Waals surface area (Å²) in [5, 5.41) is 12.2. The molecule has 9 atom stereocenters. The lowest BCUT2D eigenvalue weighted by Crippen LogP contribution is -2.53. The summed E-state index contributed by atoms with van der Waals surface area (Å²) in [6.45, 7) is 26.8. The first-order chi connectivity index (χ1) is 18.6. The summed E-state index contributed by atoms with van der Waals surface area (Å²) in [6.07, 6.45) is 12.2. The number of ether oxygens (including phenoxy) is 2. The molecule has 232 valence electrons. The van der Waals surface area contributed by atoms with E-state index in [1.54, 1.807) is 5.57 Å². The second-order valence-electron chi connectivity index (χ2n) is 17.7. The molecule has 4 aliphatic carbocycles. The Hall–Kier alpha value is -0.643. The van der Waals surface area contributed by atoms with Gasteiger partial charge < -0.3 is 19.0 Å². The zero-order valence-electron chi connectivity index (χ0n) is 28.4. The van der Waals surface area contributed by atoms with Crippen LogP contribution in [0.1, 0.15) is 121 Å². The summed E-state index contributed by atoms with van der Waals surface area (Å²) in [4.78, 5) is 0. The highest BCUT2D eigenvalue weighted by Crippen LogP contribution is 2.67. The van der Waals surface area contributed by atoms with E-state index in [4.69, 9.17) is 13.9 Å². The van der Waals surface area contributed by atoms with Crippen molar-refractivity contribution in [3.05, 3.63) is 11.6 Å². The van der Waals surface area contributed by atoms with Crippen LogP contribution in [0.3, 0.4) is 0 Å². The molecule has 0 radical (unpaired) electrons. The molecule has 1 N–H and O–H groups in total. The van der Waals surface area contributed by atoms with Crippen LogP contribution in [0.2, 0.25) is 18.1 Å². The molecule has 5 heteroatoms. The van der Waals surface area contributed by atoms with Crippen molar-refractivity contribution in [2.75, 3.05) is 0 Å². The van der Waals surface area contributed by atoms with E-state index in [0.717, 1.165) is 18.8 Å². The first-order valence-corrected chi connectivity index (χ1v) is 19.5. The van der Waals surface area contributed by atoms with Gasteiger partial charge in [-0.3, -0.25) is 0 Å². The molecule has 0 amide bonds. The van der Waals surface area contributed by atoms with Crippen LogP contribution in [-0.2, 0) is 13.9 Å². The summed E-state index contributed by atoms with van der Waals surface area (Å²) in [7, 11) is -1.77. The van der Waals surface area contributed by atoms with Gasteiger partial charge in [0.05, 0.1) is 0 Å². The maximum atomic E-state index is 11.9. The van der Waals surface area contributed by atoms with Gasteiger partial charge in [-0.1, -0.05) is 58.1 Å². The predicted molar refractivity (Wildman–Crippen MR) is 170 cm³/mol. The molecule has 41 heavy (non-hydrogen) atoms. The Morgan fingerprint density at radius 1 is 0.951 bits per heavy atom. The van der Waals surface area contributed by atoms with Gasteiger partial charge in [0.1, 0.15) is 17.3 Å². The molecule has 1 saturated heterocycles. The van der Waals surface area contributed by atoms with Crippen LogP contribution in [0, 0.1) is 46.3 Å². The van der Waals surface area contributed by atoms with E-state index in [-0.39, 0.29) is 22.5 Å². The zero-order valence-corrected chi connectivity index (χ0v) is 29.4. The van der Waals surface area contributed by atoms with E-state index in [2.05, 4.69) is 65.6 Å². The minimum Gasteiger partial charge on any atom is -0.414 e. The monoisotopic (exact) mass is 584 g/mol. The average Bonchev–Trinajstić information content (AvgIpc) is 3.28. The Bertz CT molecular complexity index is 1120. The third-order valence-corrected chi connectivity index (χ3v) is 17.5. The van der Waals surface area contributed by atoms with E-state index in [0.29, 0.717) is 23.4 Å². The SMILES string of the molecule is CC1(C)O[C@@H](C#C[C@](C)(O)[C@H]2CC[C@H]3[C@@H]4CC=C5C[C@@H](O[Si](C)(C)C(C)(C)C)CC[C@]5(C)[C@H]4CC[C@@]32C)C(C)(C)O1. The first kappa shape index (κ1) is 31.8. The normalized spacial score (nSPS) is 43.1. The molecule has 4 fully saturated rings. The summed E-state index contributed by atoms with van der Waals surface area (Å²) in [5.41, 5.74) is 0.570. The minimum absolute atomic E-state index is 0.117. The van der Waals surface area contributed by atoms with Crippen LogP contribution in [0.15, 0.2) is 11.6 Å². The second-order valence-corrected chi connectivity index (χ2v) is 22.5. The highest BCUT2D eigenvalue weighted by Gasteiger charge is 2.61. The van der Waals surface area contributed by atoms with Crippen molar-refractivity contribution in [3.63, 3.8) is 0 Å². The second kappa shape index (κ2) is 9.93. The van der Waals surface area contributed by atoms with Gasteiger partial charge in [0.25, 0.3) is 0 Å². The fraction of sp³-hybridized carbons (Fsp3) is 0.889. The molecule has 1 heterocycles. The van der Waals surface area contributed by atoms with Crippen molar-refractivity contribution in [1.82, 2.24) is 0 Å². The smallest absolute Gasteiger partial charge is 0.192 e. The molecule has 5 rings (SSSR count). The van der Waals surface area contributed by atoms with Gasteiger partial charge in [0, 0.05) is 12.0 Å². The third-order valence-electron chi connectivity index (χ3n) is 13.0. The molecule has 3 saturated carbocycles. The molecular formula is C36H60O4Si. The van der Waals surface area contributed by atoms with E-state index in [9.17, 15) is 5.11 Å². The molecule has 4 nitrogen and oxygen atoms in total. The molecular weight excluding hydrogens is 524 g/mol. The topological polar surface area (TPSA) is 47.9 Å². The van der Waals surface area contributed by atoms with Crippen molar-refractivity contribution < 1.29 is 19.0 Å². The zero-order chi connectivity index (χ0) is 30.4. The van der Waals surface area contributed by atoms with E-state index >= 15 is 0 Å². The van der Waals surface area contributed by atoms with Crippen LogP contribution in [0.4, 0.5) is 0 Å². The van der Waals surface area contributed by atoms with Crippen molar-refractivity contribution in [3.8, 4) is 11.8 Å². The number of hydrogen-bond acceptors (Lipinski definition) is 4. The van der Waals surface area contributed by atoms with Crippen molar-refractivity contribution in [1.29, 1.82) is 0 Å². The third kappa shape index (κ3) is 5.45. The average molecular weight is 585 g/mol. The Kier molecular flexibility index (Phi) is 7.70. The molecule has 1 aliphatic heterocycles. The van der Waals surface area contributed by atoms with Gasteiger partial charge in [0.15, 0.2) is 14.1 Å². The molecule has 0 spiro atoms. The highest BCUT2D eigenvalue weighted by molar-refractivity contribution is 6.74. The van der Waals surface area contributed by atoms with E-state index in [1.807, 2.05) is 34.6 Å². The maximum absolute atomic E-state index is 11.9. The molecule has 0 aromatic carbocycles. The van der Waals surface area contributed by atoms with Crippen LogP contribution >= 0.6 is 0 Å². The first-order valence-electron chi connectivity index (χ1n) is 16.6. The van der Waals surface area contributed by atoms with Crippen LogP contribution in [0.25, 0.3) is 0 Å². The molecule has 0 aromatic rings. The standard InChI is InChI=1S/C36H60O4Si/c1-31(2,3)41(11,12)39-25-17-20-34(8)24(23-25)13-14-26-27-15-16-29(35(27,9)21-18-28(26)34)36(10,37)22-19-30-32(4,5)40-33(6,7)38-30/h13,25-30,37H,14-18,20-21,23H2,1-12H3/t25-,26-,27-,28-,29-,30-,34-,35-,36-/m0/s1. The van der Waals surface area contributed by atoms with E-state index in [1.165, 1.54) is 38.5 Å². The number of hydrogen-bond donors (Lipinski definition) is 1. The number of rotatable bonds is 3. The highest BCUT2D eigenvalue weighted by atomic mass is 28.4. The van der Waals surface area contributed by atoms with Gasteiger partial charge >= 0.3 is 0 Å². The molecule has 0 bridgehead atoms. The Balaban J connectivity index is 1.32. The lowest BCUT2D eigenvalue weighted by atomic mass is 9.47. The van der Waals surface area contributed by atoms with Gasteiger partial charge in [0.2, 0.25) is 0 Å². The van der Waals surface area contributed by atoms with Crippen molar-refractivity contribution in [2.24, 2.45) is 34.5 Å². The Morgan fingerprint density at radius 3 is 2.24 bits per heavy atom. The lowest BCUT2D eigenvalue weighted by molar-refractivity contribution is -0.155. The summed E-state index contributed by atoms with van der Waals surface area (Å²) >= 11 is 0.